The summed E-state index contributed by atoms with van der Waals surface area (Å²) in [6, 6.07) is 13.7. The molecule has 0 aliphatic carbocycles. The predicted molar refractivity (Wildman–Crippen MR) is 81.9 cm³/mol. The van der Waals surface area contributed by atoms with E-state index >= 15 is 0 Å². The molecular weight excluding hydrogens is 267 g/mol. The van der Waals surface area contributed by atoms with E-state index in [-0.39, 0.29) is 5.82 Å². The molecule has 2 nitrogen and oxygen atoms in total. The van der Waals surface area contributed by atoms with Crippen LogP contribution in [0.15, 0.2) is 48.5 Å². The summed E-state index contributed by atoms with van der Waals surface area (Å²) >= 11 is 0. The summed E-state index contributed by atoms with van der Waals surface area (Å²) in [5, 5.41) is 10.2. The van der Waals surface area contributed by atoms with Crippen LogP contribution < -0.4 is 4.74 Å². The Morgan fingerprint density at radius 1 is 1.14 bits per heavy atom. The molecule has 0 amide bonds. The highest BCUT2D eigenvalue weighted by molar-refractivity contribution is 5.29. The van der Waals surface area contributed by atoms with E-state index in [0.29, 0.717) is 13.0 Å². The van der Waals surface area contributed by atoms with Crippen LogP contribution in [0, 0.1) is 5.82 Å². The minimum absolute atomic E-state index is 0.278. The van der Waals surface area contributed by atoms with Crippen molar-refractivity contribution in [1.29, 1.82) is 0 Å². The monoisotopic (exact) mass is 288 g/mol. The fraction of sp³-hybridized carbons (Fsp3) is 0.333. The van der Waals surface area contributed by atoms with Crippen molar-refractivity contribution in [2.24, 2.45) is 0 Å². The minimum Gasteiger partial charge on any atom is -0.494 e. The van der Waals surface area contributed by atoms with Gasteiger partial charge in [0.15, 0.2) is 0 Å². The van der Waals surface area contributed by atoms with Gasteiger partial charge in [0.25, 0.3) is 0 Å². The number of aliphatic hydroxyl groups is 1. The lowest BCUT2D eigenvalue weighted by Crippen LogP contribution is -2.02. The number of rotatable bonds is 7. The zero-order valence-electron chi connectivity index (χ0n) is 12.3. The molecule has 0 saturated carbocycles. The molecule has 0 saturated heterocycles. The van der Waals surface area contributed by atoms with Crippen LogP contribution in [0.5, 0.6) is 5.75 Å². The molecule has 1 atom stereocenters. The number of ether oxygens (including phenoxy) is 1. The molecule has 1 unspecified atom stereocenters. The average Bonchev–Trinajstić information content (AvgIpc) is 2.48. The van der Waals surface area contributed by atoms with Gasteiger partial charge in [0, 0.05) is 6.42 Å². The highest BCUT2D eigenvalue weighted by atomic mass is 19.1. The molecule has 2 rings (SSSR count). The second-order valence-electron chi connectivity index (χ2n) is 5.12. The predicted octanol–water partition coefficient (Wildman–Crippen LogP) is 4.28. The van der Waals surface area contributed by atoms with Gasteiger partial charge < -0.3 is 9.84 Å². The second-order valence-corrected chi connectivity index (χ2v) is 5.12. The normalized spacial score (nSPS) is 12.1. The van der Waals surface area contributed by atoms with Gasteiger partial charge in [0.05, 0.1) is 12.7 Å². The Bertz CT molecular complexity index is 551. The van der Waals surface area contributed by atoms with Crippen LogP contribution in [-0.4, -0.2) is 11.7 Å². The summed E-state index contributed by atoms with van der Waals surface area (Å²) in [4.78, 5) is 0. The van der Waals surface area contributed by atoms with Crippen molar-refractivity contribution in [3.05, 3.63) is 65.5 Å². The summed E-state index contributed by atoms with van der Waals surface area (Å²) in [5.41, 5.74) is 1.59. The first-order valence-corrected chi connectivity index (χ1v) is 7.34. The summed E-state index contributed by atoms with van der Waals surface area (Å²) in [6.07, 6.45) is 1.89. The fourth-order valence-corrected chi connectivity index (χ4v) is 2.13. The third-order valence-electron chi connectivity index (χ3n) is 3.35. The van der Waals surface area contributed by atoms with Crippen LogP contribution in [-0.2, 0) is 6.42 Å². The third kappa shape index (κ3) is 4.87. The van der Waals surface area contributed by atoms with Crippen LogP contribution >= 0.6 is 0 Å². The SMILES string of the molecule is CCCCOc1ccc(C(O)Cc2cccc(F)c2)cc1. The van der Waals surface area contributed by atoms with E-state index in [9.17, 15) is 9.50 Å². The molecular formula is C18H21FO2. The summed E-state index contributed by atoms with van der Waals surface area (Å²) in [7, 11) is 0. The topological polar surface area (TPSA) is 29.5 Å². The number of hydrogen-bond donors (Lipinski definition) is 1. The average molecular weight is 288 g/mol. The molecule has 1 N–H and O–H groups in total. The Hall–Kier alpha value is -1.87. The van der Waals surface area contributed by atoms with Gasteiger partial charge in [0.1, 0.15) is 11.6 Å². The Balaban J connectivity index is 1.94. The van der Waals surface area contributed by atoms with Gasteiger partial charge >= 0.3 is 0 Å². The Labute approximate surface area is 125 Å². The van der Waals surface area contributed by atoms with Crippen molar-refractivity contribution in [3.63, 3.8) is 0 Å². The van der Waals surface area contributed by atoms with Gasteiger partial charge in [-0.05, 0) is 41.8 Å². The molecule has 0 spiro atoms. The Morgan fingerprint density at radius 3 is 2.57 bits per heavy atom. The largest absolute Gasteiger partial charge is 0.494 e. The Kier molecular flexibility index (Phi) is 5.76. The molecule has 0 aliphatic heterocycles. The molecule has 0 heterocycles. The Morgan fingerprint density at radius 2 is 1.90 bits per heavy atom. The van der Waals surface area contributed by atoms with E-state index in [1.54, 1.807) is 6.07 Å². The fourth-order valence-electron chi connectivity index (χ4n) is 2.13. The molecule has 0 fully saturated rings. The number of benzene rings is 2. The van der Waals surface area contributed by atoms with E-state index in [0.717, 1.165) is 29.7 Å². The van der Waals surface area contributed by atoms with Crippen molar-refractivity contribution < 1.29 is 14.2 Å². The van der Waals surface area contributed by atoms with Crippen molar-refractivity contribution in [2.75, 3.05) is 6.61 Å². The van der Waals surface area contributed by atoms with E-state index in [2.05, 4.69) is 6.92 Å². The lowest BCUT2D eigenvalue weighted by atomic mass is 10.0. The standard InChI is InChI=1S/C18H21FO2/c1-2-3-11-21-17-9-7-15(8-10-17)18(20)13-14-5-4-6-16(19)12-14/h4-10,12,18,20H,2-3,11,13H2,1H3. The molecule has 21 heavy (non-hydrogen) atoms. The molecule has 0 aromatic heterocycles. The highest BCUT2D eigenvalue weighted by Gasteiger charge is 2.09. The van der Waals surface area contributed by atoms with Gasteiger partial charge in [-0.3, -0.25) is 0 Å². The maximum Gasteiger partial charge on any atom is 0.123 e. The highest BCUT2D eigenvalue weighted by Crippen LogP contribution is 2.21. The van der Waals surface area contributed by atoms with Crippen LogP contribution in [0.2, 0.25) is 0 Å². The molecule has 2 aromatic rings. The summed E-state index contributed by atoms with van der Waals surface area (Å²) < 4.78 is 18.7. The number of aliphatic hydroxyl groups excluding tert-OH is 1. The van der Waals surface area contributed by atoms with Crippen molar-refractivity contribution in [2.45, 2.75) is 32.3 Å². The van der Waals surface area contributed by atoms with E-state index < -0.39 is 6.10 Å². The zero-order valence-corrected chi connectivity index (χ0v) is 12.3. The van der Waals surface area contributed by atoms with Gasteiger partial charge in [-0.2, -0.15) is 0 Å². The summed E-state index contributed by atoms with van der Waals surface area (Å²) in [5.74, 6) is 0.532. The summed E-state index contributed by atoms with van der Waals surface area (Å²) in [6.45, 7) is 2.83. The lowest BCUT2D eigenvalue weighted by molar-refractivity contribution is 0.178. The van der Waals surface area contributed by atoms with E-state index in [1.165, 1.54) is 12.1 Å². The van der Waals surface area contributed by atoms with Crippen LogP contribution in [0.25, 0.3) is 0 Å². The number of hydrogen-bond acceptors (Lipinski definition) is 2. The molecule has 0 bridgehead atoms. The smallest absolute Gasteiger partial charge is 0.123 e. The van der Waals surface area contributed by atoms with Crippen molar-refractivity contribution in [1.82, 2.24) is 0 Å². The van der Waals surface area contributed by atoms with Crippen LogP contribution in [0.1, 0.15) is 37.0 Å². The first-order valence-electron chi connectivity index (χ1n) is 7.34. The zero-order chi connectivity index (χ0) is 15.1. The third-order valence-corrected chi connectivity index (χ3v) is 3.35. The maximum absolute atomic E-state index is 13.1. The number of unbranched alkanes of at least 4 members (excludes halogenated alkanes) is 1. The van der Waals surface area contributed by atoms with Crippen molar-refractivity contribution >= 4 is 0 Å². The molecule has 0 radical (unpaired) electrons. The van der Waals surface area contributed by atoms with Gasteiger partial charge in [-0.25, -0.2) is 4.39 Å². The molecule has 0 aliphatic rings. The van der Waals surface area contributed by atoms with Gasteiger partial charge in [-0.15, -0.1) is 0 Å². The lowest BCUT2D eigenvalue weighted by Gasteiger charge is -2.12. The first kappa shape index (κ1) is 15.5. The maximum atomic E-state index is 13.1. The van der Waals surface area contributed by atoms with Crippen LogP contribution in [0.4, 0.5) is 4.39 Å². The van der Waals surface area contributed by atoms with Gasteiger partial charge in [0.2, 0.25) is 0 Å². The number of halogens is 1. The van der Waals surface area contributed by atoms with Crippen molar-refractivity contribution in [3.8, 4) is 5.75 Å². The molecule has 2 aromatic carbocycles. The van der Waals surface area contributed by atoms with Gasteiger partial charge in [-0.1, -0.05) is 37.6 Å². The minimum atomic E-state index is -0.642. The van der Waals surface area contributed by atoms with E-state index in [4.69, 9.17) is 4.74 Å². The molecule has 3 heteroatoms. The van der Waals surface area contributed by atoms with E-state index in [1.807, 2.05) is 30.3 Å². The second kappa shape index (κ2) is 7.79. The molecule has 112 valence electrons. The quantitative estimate of drug-likeness (QED) is 0.770. The first-order chi connectivity index (χ1) is 10.2. The van der Waals surface area contributed by atoms with Crippen LogP contribution in [0.3, 0.4) is 0 Å².